The van der Waals surface area contributed by atoms with E-state index in [9.17, 15) is 9.18 Å². The lowest BCUT2D eigenvalue weighted by atomic mass is 10.0. The minimum Gasteiger partial charge on any atom is -0.288 e. The number of fused-ring (bicyclic) bond motifs is 1. The second-order valence-corrected chi connectivity index (χ2v) is 4.07. The summed E-state index contributed by atoms with van der Waals surface area (Å²) in [7, 11) is 0. The van der Waals surface area contributed by atoms with Gasteiger partial charge in [0, 0.05) is 11.8 Å². The lowest BCUT2D eigenvalue weighted by Gasteiger charge is -2.05. The predicted octanol–water partition coefficient (Wildman–Crippen LogP) is 1.80. The van der Waals surface area contributed by atoms with E-state index in [0.717, 1.165) is 0 Å². The van der Waals surface area contributed by atoms with E-state index in [1.807, 2.05) is 0 Å². The molecular weight excluding hydrogens is 247 g/mol. The highest BCUT2D eigenvalue weighted by Crippen LogP contribution is 2.14. The molecule has 94 valence electrons. The van der Waals surface area contributed by atoms with Crippen molar-refractivity contribution in [3.05, 3.63) is 59.4 Å². The summed E-state index contributed by atoms with van der Waals surface area (Å²) in [6.07, 6.45) is 2.84. The highest BCUT2D eigenvalue weighted by molar-refractivity contribution is 6.09. The van der Waals surface area contributed by atoms with Gasteiger partial charge >= 0.3 is 0 Å². The average molecular weight is 256 g/mol. The van der Waals surface area contributed by atoms with Crippen molar-refractivity contribution in [3.8, 4) is 0 Å². The predicted molar refractivity (Wildman–Crippen MR) is 65.4 cm³/mol. The number of benzene rings is 1. The third-order valence-electron chi connectivity index (χ3n) is 2.90. The molecule has 0 saturated heterocycles. The van der Waals surface area contributed by atoms with E-state index in [2.05, 4.69) is 15.1 Å². The van der Waals surface area contributed by atoms with Crippen LogP contribution < -0.4 is 0 Å². The minimum absolute atomic E-state index is 0.220. The summed E-state index contributed by atoms with van der Waals surface area (Å²) >= 11 is 0. The molecule has 0 aliphatic carbocycles. The van der Waals surface area contributed by atoms with Crippen molar-refractivity contribution in [2.45, 2.75) is 6.92 Å². The summed E-state index contributed by atoms with van der Waals surface area (Å²) < 4.78 is 14.3. The number of aryl methyl sites for hydroxylation is 1. The number of carbonyl (C=O) groups excluding carboxylic acids is 1. The number of carbonyl (C=O) groups is 1. The molecule has 0 bridgehead atoms. The molecule has 2 heterocycles. The summed E-state index contributed by atoms with van der Waals surface area (Å²) in [6, 6.07) is 5.40. The molecular formula is C13H9FN4O. The SMILES string of the molecule is Cc1c(C(=O)c2ccc(F)cc2)cnc2ncnn12. The quantitative estimate of drug-likeness (QED) is 0.656. The third kappa shape index (κ3) is 1.87. The van der Waals surface area contributed by atoms with Gasteiger partial charge in [-0.3, -0.25) is 4.79 Å². The lowest BCUT2D eigenvalue weighted by Crippen LogP contribution is -2.09. The Labute approximate surface area is 107 Å². The summed E-state index contributed by atoms with van der Waals surface area (Å²) in [5, 5.41) is 4.00. The van der Waals surface area contributed by atoms with Gasteiger partial charge in [0.1, 0.15) is 12.1 Å². The normalized spacial score (nSPS) is 10.8. The molecule has 0 aliphatic rings. The van der Waals surface area contributed by atoms with Gasteiger partial charge in [0.05, 0.1) is 11.3 Å². The zero-order valence-corrected chi connectivity index (χ0v) is 10.0. The molecule has 0 saturated carbocycles. The average Bonchev–Trinajstić information content (AvgIpc) is 2.88. The first kappa shape index (κ1) is 11.5. The van der Waals surface area contributed by atoms with Crippen LogP contribution in [0.1, 0.15) is 21.6 Å². The van der Waals surface area contributed by atoms with Crippen LogP contribution in [0.2, 0.25) is 0 Å². The van der Waals surface area contributed by atoms with E-state index in [0.29, 0.717) is 22.6 Å². The Kier molecular flexibility index (Phi) is 2.56. The summed E-state index contributed by atoms with van der Waals surface area (Å²) in [4.78, 5) is 20.3. The van der Waals surface area contributed by atoms with Crippen LogP contribution in [0, 0.1) is 12.7 Å². The zero-order chi connectivity index (χ0) is 13.4. The van der Waals surface area contributed by atoms with Crippen LogP contribution in [-0.4, -0.2) is 25.4 Å². The Bertz CT molecular complexity index is 764. The molecule has 3 aromatic rings. The van der Waals surface area contributed by atoms with Gasteiger partial charge in [0.25, 0.3) is 5.78 Å². The monoisotopic (exact) mass is 256 g/mol. The molecule has 0 radical (unpaired) electrons. The number of nitrogens with zero attached hydrogens (tertiary/aromatic N) is 4. The molecule has 0 amide bonds. The highest BCUT2D eigenvalue weighted by atomic mass is 19.1. The van der Waals surface area contributed by atoms with Gasteiger partial charge in [-0.2, -0.15) is 10.1 Å². The Hall–Kier alpha value is -2.63. The number of halogens is 1. The van der Waals surface area contributed by atoms with E-state index in [-0.39, 0.29) is 11.6 Å². The van der Waals surface area contributed by atoms with E-state index in [1.165, 1.54) is 41.3 Å². The zero-order valence-electron chi connectivity index (χ0n) is 10.0. The molecule has 1 aromatic carbocycles. The fourth-order valence-corrected chi connectivity index (χ4v) is 1.87. The van der Waals surface area contributed by atoms with Crippen molar-refractivity contribution < 1.29 is 9.18 Å². The van der Waals surface area contributed by atoms with Crippen molar-refractivity contribution >= 4 is 11.6 Å². The van der Waals surface area contributed by atoms with Crippen LogP contribution >= 0.6 is 0 Å². The molecule has 0 aliphatic heterocycles. The van der Waals surface area contributed by atoms with Crippen molar-refractivity contribution in [2.75, 3.05) is 0 Å². The Balaban J connectivity index is 2.11. The van der Waals surface area contributed by atoms with Crippen LogP contribution in [0.3, 0.4) is 0 Å². The number of aromatic nitrogens is 4. The van der Waals surface area contributed by atoms with E-state index in [1.54, 1.807) is 6.92 Å². The van der Waals surface area contributed by atoms with Crippen LogP contribution in [0.25, 0.3) is 5.78 Å². The van der Waals surface area contributed by atoms with Crippen molar-refractivity contribution in [1.82, 2.24) is 19.6 Å². The second kappa shape index (κ2) is 4.24. The second-order valence-electron chi connectivity index (χ2n) is 4.07. The summed E-state index contributed by atoms with van der Waals surface area (Å²) in [6.45, 7) is 1.76. The van der Waals surface area contributed by atoms with Gasteiger partial charge < -0.3 is 0 Å². The molecule has 0 atom stereocenters. The fraction of sp³-hybridized carbons (Fsp3) is 0.0769. The molecule has 0 spiro atoms. The van der Waals surface area contributed by atoms with Crippen LogP contribution in [0.15, 0.2) is 36.8 Å². The summed E-state index contributed by atoms with van der Waals surface area (Å²) in [5.41, 5.74) is 1.48. The van der Waals surface area contributed by atoms with Gasteiger partial charge in [0.15, 0.2) is 5.78 Å². The third-order valence-corrected chi connectivity index (χ3v) is 2.90. The maximum Gasteiger partial charge on any atom is 0.252 e. The smallest absolute Gasteiger partial charge is 0.252 e. The van der Waals surface area contributed by atoms with Crippen molar-refractivity contribution in [3.63, 3.8) is 0 Å². The van der Waals surface area contributed by atoms with Gasteiger partial charge in [0.2, 0.25) is 0 Å². The van der Waals surface area contributed by atoms with E-state index < -0.39 is 0 Å². The number of ketones is 1. The van der Waals surface area contributed by atoms with Crippen molar-refractivity contribution in [1.29, 1.82) is 0 Å². The first-order chi connectivity index (χ1) is 9.16. The molecule has 0 N–H and O–H groups in total. The van der Waals surface area contributed by atoms with Gasteiger partial charge in [-0.25, -0.2) is 13.9 Å². The summed E-state index contributed by atoms with van der Waals surface area (Å²) in [5.74, 6) is -0.159. The molecule has 0 unspecified atom stereocenters. The van der Waals surface area contributed by atoms with E-state index >= 15 is 0 Å². The molecule has 6 heteroatoms. The fourth-order valence-electron chi connectivity index (χ4n) is 1.87. The maximum absolute atomic E-state index is 12.9. The Morgan fingerprint density at radius 2 is 1.95 bits per heavy atom. The molecule has 2 aromatic heterocycles. The van der Waals surface area contributed by atoms with E-state index in [4.69, 9.17) is 0 Å². The Morgan fingerprint density at radius 1 is 1.21 bits per heavy atom. The van der Waals surface area contributed by atoms with Gasteiger partial charge in [-0.15, -0.1) is 0 Å². The van der Waals surface area contributed by atoms with Gasteiger partial charge in [-0.05, 0) is 31.2 Å². The molecule has 5 nitrogen and oxygen atoms in total. The lowest BCUT2D eigenvalue weighted by molar-refractivity contribution is 0.103. The largest absolute Gasteiger partial charge is 0.288 e. The van der Waals surface area contributed by atoms with Crippen LogP contribution in [0.4, 0.5) is 4.39 Å². The molecule has 0 fully saturated rings. The van der Waals surface area contributed by atoms with Crippen molar-refractivity contribution in [2.24, 2.45) is 0 Å². The van der Waals surface area contributed by atoms with Crippen LogP contribution in [-0.2, 0) is 0 Å². The highest BCUT2D eigenvalue weighted by Gasteiger charge is 2.15. The first-order valence-corrected chi connectivity index (χ1v) is 5.62. The van der Waals surface area contributed by atoms with Gasteiger partial charge in [-0.1, -0.05) is 0 Å². The number of hydrogen-bond acceptors (Lipinski definition) is 4. The van der Waals surface area contributed by atoms with Crippen LogP contribution in [0.5, 0.6) is 0 Å². The molecule has 19 heavy (non-hydrogen) atoms. The topological polar surface area (TPSA) is 60.2 Å². The molecule has 3 rings (SSSR count). The Morgan fingerprint density at radius 3 is 2.68 bits per heavy atom. The first-order valence-electron chi connectivity index (χ1n) is 5.62. The maximum atomic E-state index is 12.9. The minimum atomic E-state index is -0.377. The standard InChI is InChI=1S/C13H9FN4O/c1-8-11(6-15-13-16-7-17-18(8)13)12(19)9-2-4-10(14)5-3-9/h2-7H,1H3. The number of rotatable bonds is 2. The number of hydrogen-bond donors (Lipinski definition) is 0.